The van der Waals surface area contributed by atoms with Crippen LogP contribution in [-0.2, 0) is 0 Å². The van der Waals surface area contributed by atoms with Crippen molar-refractivity contribution in [2.75, 3.05) is 0 Å². The molecular formula is C24H29LiSi. The van der Waals surface area contributed by atoms with Crippen molar-refractivity contribution in [2.24, 2.45) is 0 Å². The second-order valence-electron chi connectivity index (χ2n) is 7.66. The molecule has 0 aromatic heterocycles. The molecule has 2 heteroatoms. The summed E-state index contributed by atoms with van der Waals surface area (Å²) < 4.78 is 0. The molecule has 0 amide bonds. The molecule has 0 saturated heterocycles. The van der Waals surface area contributed by atoms with Crippen LogP contribution in [0.4, 0.5) is 0 Å². The van der Waals surface area contributed by atoms with Crippen LogP contribution in [0.5, 0.6) is 0 Å². The van der Waals surface area contributed by atoms with E-state index in [1.807, 2.05) is 0 Å². The number of allylic oxidation sites excluding steroid dienone is 2. The summed E-state index contributed by atoms with van der Waals surface area (Å²) in [5, 5.41) is 0. The van der Waals surface area contributed by atoms with Crippen molar-refractivity contribution in [1.82, 2.24) is 0 Å². The molecule has 0 nitrogen and oxygen atoms in total. The normalized spacial score (nSPS) is 19.9. The Bertz CT molecular complexity index is 751. The zero-order chi connectivity index (χ0) is 17.3. The van der Waals surface area contributed by atoms with Gasteiger partial charge >= 0.3 is 18.9 Å². The number of hydrogen-bond donors (Lipinski definition) is 0. The minimum atomic E-state index is -1.61. The standard InChI is InChI=1S/C24H28Si.Li.H/c1-3-17-25(18-4-2,23-15-13-19-9-5-7-11-21(19)23)24-16-14-20-10-6-8-12-22(20)24;;/h5-16,23-24H,3-4,17-18H2,1-2H3;;. The molecule has 0 radical (unpaired) electrons. The van der Waals surface area contributed by atoms with Gasteiger partial charge in [0.25, 0.3) is 0 Å². The van der Waals surface area contributed by atoms with E-state index in [9.17, 15) is 0 Å². The molecule has 2 aliphatic carbocycles. The molecule has 130 valence electrons. The van der Waals surface area contributed by atoms with E-state index < -0.39 is 8.07 Å². The molecule has 26 heavy (non-hydrogen) atoms. The third-order valence-corrected chi connectivity index (χ3v) is 12.6. The summed E-state index contributed by atoms with van der Waals surface area (Å²) >= 11 is 0. The van der Waals surface area contributed by atoms with Crippen molar-refractivity contribution in [3.63, 3.8) is 0 Å². The van der Waals surface area contributed by atoms with E-state index in [2.05, 4.69) is 86.7 Å². The molecule has 2 atom stereocenters. The molecule has 0 fully saturated rings. The molecule has 4 rings (SSSR count). The molecule has 2 aliphatic rings. The molecule has 2 unspecified atom stereocenters. The summed E-state index contributed by atoms with van der Waals surface area (Å²) in [7, 11) is -1.61. The van der Waals surface area contributed by atoms with Crippen molar-refractivity contribution < 1.29 is 0 Å². The zero-order valence-electron chi connectivity index (χ0n) is 15.4. The monoisotopic (exact) mass is 352 g/mol. The zero-order valence-corrected chi connectivity index (χ0v) is 16.4. The predicted octanol–water partition coefficient (Wildman–Crippen LogP) is 6.31. The second kappa shape index (κ2) is 8.18. The first-order valence-corrected chi connectivity index (χ1v) is 12.4. The molecule has 0 saturated carbocycles. The summed E-state index contributed by atoms with van der Waals surface area (Å²) in [4.78, 5) is 0. The minimum absolute atomic E-state index is 0. The Morgan fingerprint density at radius 3 is 1.54 bits per heavy atom. The molecule has 0 aliphatic heterocycles. The van der Waals surface area contributed by atoms with Crippen LogP contribution in [0.15, 0.2) is 60.7 Å². The third-order valence-electron chi connectivity index (χ3n) is 6.27. The van der Waals surface area contributed by atoms with Gasteiger partial charge in [-0.1, -0.05) is 112 Å². The van der Waals surface area contributed by atoms with Crippen LogP contribution < -0.4 is 0 Å². The fraction of sp³-hybridized carbons (Fsp3) is 0.333. The SMILES string of the molecule is CCC[Si](CCC)(C1C=Cc2ccccc21)C1C=Cc2ccccc21.[LiH]. The van der Waals surface area contributed by atoms with Crippen molar-refractivity contribution in [1.29, 1.82) is 0 Å². The Morgan fingerprint density at radius 1 is 0.692 bits per heavy atom. The van der Waals surface area contributed by atoms with Crippen molar-refractivity contribution in [3.8, 4) is 0 Å². The van der Waals surface area contributed by atoms with Gasteiger partial charge in [0, 0.05) is 0 Å². The quantitative estimate of drug-likeness (QED) is 0.535. The number of benzene rings is 2. The third kappa shape index (κ3) is 3.11. The van der Waals surface area contributed by atoms with E-state index in [4.69, 9.17) is 0 Å². The first-order valence-electron chi connectivity index (χ1n) is 9.84. The molecule has 0 bridgehead atoms. The Balaban J connectivity index is 0.00000196. The Kier molecular flexibility index (Phi) is 6.13. The number of rotatable bonds is 6. The molecule has 0 N–H and O–H groups in total. The first kappa shape index (κ1) is 19.5. The van der Waals surface area contributed by atoms with Gasteiger partial charge in [-0.25, -0.2) is 0 Å². The average molecular weight is 353 g/mol. The molecule has 0 heterocycles. The van der Waals surface area contributed by atoms with Crippen LogP contribution in [0.1, 0.15) is 60.0 Å². The number of fused-ring (bicyclic) bond motifs is 2. The van der Waals surface area contributed by atoms with E-state index in [0.717, 1.165) is 0 Å². The van der Waals surface area contributed by atoms with Crippen molar-refractivity contribution >= 4 is 39.1 Å². The van der Waals surface area contributed by atoms with E-state index in [0.29, 0.717) is 11.1 Å². The molecule has 0 spiro atoms. The fourth-order valence-electron chi connectivity index (χ4n) is 5.37. The second-order valence-corrected chi connectivity index (χ2v) is 12.4. The van der Waals surface area contributed by atoms with Crippen LogP contribution in [0.25, 0.3) is 12.2 Å². The summed E-state index contributed by atoms with van der Waals surface area (Å²) in [6, 6.07) is 21.0. The van der Waals surface area contributed by atoms with Gasteiger partial charge in [-0.05, 0) is 33.3 Å². The Morgan fingerprint density at radius 2 is 1.12 bits per heavy atom. The molecule has 2 aromatic rings. The summed E-state index contributed by atoms with van der Waals surface area (Å²) in [6.07, 6.45) is 12.5. The van der Waals surface area contributed by atoms with Crippen molar-refractivity contribution in [3.05, 3.63) is 82.9 Å². The number of hydrogen-bond acceptors (Lipinski definition) is 0. The van der Waals surface area contributed by atoms with Crippen LogP contribution in [-0.4, -0.2) is 26.9 Å². The van der Waals surface area contributed by atoms with E-state index in [1.165, 1.54) is 36.1 Å². The fourth-order valence-corrected chi connectivity index (χ4v) is 11.8. The predicted molar refractivity (Wildman–Crippen MR) is 120 cm³/mol. The van der Waals surface area contributed by atoms with Gasteiger partial charge < -0.3 is 0 Å². The molecule has 2 aromatic carbocycles. The first-order chi connectivity index (χ1) is 12.3. The summed E-state index contributed by atoms with van der Waals surface area (Å²) in [5.41, 5.74) is 7.40. The van der Waals surface area contributed by atoms with Gasteiger partial charge in [-0.3, -0.25) is 0 Å². The van der Waals surface area contributed by atoms with Crippen LogP contribution in [0, 0.1) is 0 Å². The Labute approximate surface area is 171 Å². The van der Waals surface area contributed by atoms with E-state index >= 15 is 0 Å². The molecular weight excluding hydrogens is 323 g/mol. The van der Waals surface area contributed by atoms with Crippen LogP contribution in [0.2, 0.25) is 12.1 Å². The topological polar surface area (TPSA) is 0 Å². The van der Waals surface area contributed by atoms with Crippen LogP contribution >= 0.6 is 0 Å². The van der Waals surface area contributed by atoms with Gasteiger partial charge in [-0.2, -0.15) is 0 Å². The van der Waals surface area contributed by atoms with Gasteiger partial charge in [-0.15, -0.1) is 0 Å². The summed E-state index contributed by atoms with van der Waals surface area (Å²) in [5.74, 6) is 0. The van der Waals surface area contributed by atoms with Gasteiger partial charge in [0.15, 0.2) is 0 Å². The maximum atomic E-state index is 2.55. The Hall–Kier alpha value is -1.27. The van der Waals surface area contributed by atoms with Gasteiger partial charge in [0.1, 0.15) is 0 Å². The van der Waals surface area contributed by atoms with E-state index in [1.54, 1.807) is 11.1 Å². The maximum absolute atomic E-state index is 2.55. The van der Waals surface area contributed by atoms with Crippen LogP contribution in [0.3, 0.4) is 0 Å². The average Bonchev–Trinajstić information content (AvgIpc) is 3.26. The van der Waals surface area contributed by atoms with E-state index in [-0.39, 0.29) is 18.9 Å². The van der Waals surface area contributed by atoms with Crippen molar-refractivity contribution in [2.45, 2.75) is 49.9 Å². The summed E-state index contributed by atoms with van der Waals surface area (Å²) in [6.45, 7) is 4.76. The van der Waals surface area contributed by atoms with Gasteiger partial charge in [0.05, 0.1) is 8.07 Å². The van der Waals surface area contributed by atoms with Gasteiger partial charge in [0.2, 0.25) is 0 Å².